The van der Waals surface area contributed by atoms with Crippen molar-refractivity contribution in [2.24, 2.45) is 5.92 Å². The van der Waals surface area contributed by atoms with Crippen molar-refractivity contribution in [3.8, 4) is 5.75 Å². The van der Waals surface area contributed by atoms with Crippen LogP contribution in [0.1, 0.15) is 31.7 Å². The molecule has 1 atom stereocenters. The molecule has 2 nitrogen and oxygen atoms in total. The Morgan fingerprint density at radius 3 is 2.27 bits per heavy atom. The summed E-state index contributed by atoms with van der Waals surface area (Å²) in [5, 5.41) is 0. The van der Waals surface area contributed by atoms with Crippen LogP contribution >= 0.6 is 0 Å². The predicted molar refractivity (Wildman–Crippen MR) is 61.3 cm³/mol. The first kappa shape index (κ1) is 11.8. The summed E-state index contributed by atoms with van der Waals surface area (Å²) in [6, 6.07) is 7.95. The largest absolute Gasteiger partial charge is 0.497 e. The maximum atomic E-state index is 10.6. The molecule has 82 valence electrons. The monoisotopic (exact) mass is 206 g/mol. The highest BCUT2D eigenvalue weighted by molar-refractivity contribution is 5.52. The smallest absolute Gasteiger partial charge is 0.120 e. The molecule has 0 unspecified atom stereocenters. The molecule has 2 heteroatoms. The molecule has 0 heterocycles. The Hall–Kier alpha value is -1.31. The maximum Gasteiger partial charge on any atom is 0.120 e. The van der Waals surface area contributed by atoms with Gasteiger partial charge in [0.15, 0.2) is 0 Å². The minimum Gasteiger partial charge on any atom is -0.497 e. The standard InChI is InChI=1S/C13H18O2/c1-10(2)13(8-9-14)11-4-6-12(15-3)7-5-11/h4-7,9-10,13H,8H2,1-3H3/t13-/m0/s1. The average Bonchev–Trinajstić information content (AvgIpc) is 2.26. The van der Waals surface area contributed by atoms with E-state index in [2.05, 4.69) is 13.8 Å². The van der Waals surface area contributed by atoms with Gasteiger partial charge in [-0.2, -0.15) is 0 Å². The van der Waals surface area contributed by atoms with E-state index in [9.17, 15) is 4.79 Å². The Bertz CT molecular complexity index is 301. The van der Waals surface area contributed by atoms with Gasteiger partial charge in [-0.3, -0.25) is 0 Å². The topological polar surface area (TPSA) is 26.3 Å². The van der Waals surface area contributed by atoms with Crippen molar-refractivity contribution >= 4 is 6.29 Å². The van der Waals surface area contributed by atoms with Gasteiger partial charge in [0.25, 0.3) is 0 Å². The normalized spacial score (nSPS) is 12.5. The molecule has 0 spiro atoms. The molecule has 0 radical (unpaired) electrons. The van der Waals surface area contributed by atoms with Gasteiger partial charge in [-0.05, 0) is 29.5 Å². The SMILES string of the molecule is COc1ccc([C@@H](CC=O)C(C)C)cc1. The Morgan fingerprint density at radius 2 is 1.87 bits per heavy atom. The molecule has 0 aliphatic carbocycles. The number of aldehydes is 1. The third kappa shape index (κ3) is 3.08. The Kier molecular flexibility index (Phi) is 4.35. The Morgan fingerprint density at radius 1 is 1.27 bits per heavy atom. The number of ether oxygens (including phenoxy) is 1. The summed E-state index contributed by atoms with van der Waals surface area (Å²) in [6.45, 7) is 4.27. The summed E-state index contributed by atoms with van der Waals surface area (Å²) in [5.74, 6) is 1.64. The second-order valence-electron chi connectivity index (χ2n) is 4.03. The molecular weight excluding hydrogens is 188 g/mol. The maximum absolute atomic E-state index is 10.6. The van der Waals surface area contributed by atoms with Crippen LogP contribution in [-0.2, 0) is 4.79 Å². The summed E-state index contributed by atoms with van der Waals surface area (Å²) in [6.07, 6.45) is 1.58. The van der Waals surface area contributed by atoms with Crippen molar-refractivity contribution < 1.29 is 9.53 Å². The number of hydrogen-bond donors (Lipinski definition) is 0. The van der Waals surface area contributed by atoms with Gasteiger partial charge in [-0.15, -0.1) is 0 Å². The summed E-state index contributed by atoms with van der Waals surface area (Å²) in [4.78, 5) is 10.6. The zero-order valence-corrected chi connectivity index (χ0v) is 9.57. The number of carbonyl (C=O) groups is 1. The second-order valence-corrected chi connectivity index (χ2v) is 4.03. The quantitative estimate of drug-likeness (QED) is 0.692. The summed E-state index contributed by atoms with van der Waals surface area (Å²) < 4.78 is 5.10. The second kappa shape index (κ2) is 5.54. The lowest BCUT2D eigenvalue weighted by atomic mass is 9.86. The molecule has 1 aromatic carbocycles. The fourth-order valence-corrected chi connectivity index (χ4v) is 1.75. The molecule has 1 rings (SSSR count). The lowest BCUT2D eigenvalue weighted by molar-refractivity contribution is -0.108. The lowest BCUT2D eigenvalue weighted by Crippen LogP contribution is -2.07. The molecule has 1 aromatic rings. The van der Waals surface area contributed by atoms with Gasteiger partial charge in [0.2, 0.25) is 0 Å². The van der Waals surface area contributed by atoms with Crippen LogP contribution in [0.15, 0.2) is 24.3 Å². The molecular formula is C13H18O2. The van der Waals surface area contributed by atoms with Crippen molar-refractivity contribution in [2.75, 3.05) is 7.11 Å². The first-order valence-corrected chi connectivity index (χ1v) is 5.26. The van der Waals surface area contributed by atoms with Crippen molar-refractivity contribution in [3.05, 3.63) is 29.8 Å². The third-order valence-corrected chi connectivity index (χ3v) is 2.70. The first-order chi connectivity index (χ1) is 7.19. The molecule has 0 saturated carbocycles. The molecule has 0 N–H and O–H groups in total. The van der Waals surface area contributed by atoms with Crippen LogP contribution in [0.2, 0.25) is 0 Å². The van der Waals surface area contributed by atoms with Gasteiger partial charge in [-0.1, -0.05) is 26.0 Å². The van der Waals surface area contributed by atoms with Crippen LogP contribution in [0.25, 0.3) is 0 Å². The van der Waals surface area contributed by atoms with E-state index in [-0.39, 0.29) is 0 Å². The fraction of sp³-hybridized carbons (Fsp3) is 0.462. The minimum absolute atomic E-state index is 0.313. The van der Waals surface area contributed by atoms with Gasteiger partial charge < -0.3 is 9.53 Å². The van der Waals surface area contributed by atoms with Crippen LogP contribution < -0.4 is 4.74 Å². The van der Waals surface area contributed by atoms with Crippen LogP contribution in [0.4, 0.5) is 0 Å². The van der Waals surface area contributed by atoms with E-state index < -0.39 is 0 Å². The third-order valence-electron chi connectivity index (χ3n) is 2.70. The van der Waals surface area contributed by atoms with Crippen molar-refractivity contribution in [2.45, 2.75) is 26.2 Å². The van der Waals surface area contributed by atoms with E-state index in [4.69, 9.17) is 4.74 Å². The average molecular weight is 206 g/mol. The number of hydrogen-bond acceptors (Lipinski definition) is 2. The van der Waals surface area contributed by atoms with Gasteiger partial charge in [0, 0.05) is 6.42 Å². The summed E-state index contributed by atoms with van der Waals surface area (Å²) >= 11 is 0. The van der Waals surface area contributed by atoms with E-state index in [1.807, 2.05) is 24.3 Å². The highest BCUT2D eigenvalue weighted by Gasteiger charge is 2.14. The molecule has 0 bridgehead atoms. The van der Waals surface area contributed by atoms with E-state index in [0.717, 1.165) is 12.0 Å². The van der Waals surface area contributed by atoms with Crippen LogP contribution in [0.3, 0.4) is 0 Å². The number of methoxy groups -OCH3 is 1. The van der Waals surface area contributed by atoms with Crippen molar-refractivity contribution in [1.82, 2.24) is 0 Å². The minimum atomic E-state index is 0.313. The summed E-state index contributed by atoms with van der Waals surface area (Å²) in [5.41, 5.74) is 1.21. The molecule has 0 aromatic heterocycles. The van der Waals surface area contributed by atoms with E-state index in [1.54, 1.807) is 7.11 Å². The number of benzene rings is 1. The van der Waals surface area contributed by atoms with Gasteiger partial charge in [0.1, 0.15) is 12.0 Å². The van der Waals surface area contributed by atoms with Crippen molar-refractivity contribution in [3.63, 3.8) is 0 Å². The van der Waals surface area contributed by atoms with Crippen LogP contribution in [0, 0.1) is 5.92 Å². The van der Waals surface area contributed by atoms with Crippen LogP contribution in [-0.4, -0.2) is 13.4 Å². The zero-order chi connectivity index (χ0) is 11.3. The first-order valence-electron chi connectivity index (χ1n) is 5.26. The van der Waals surface area contributed by atoms with Gasteiger partial charge >= 0.3 is 0 Å². The molecule has 0 fully saturated rings. The molecule has 0 amide bonds. The fourth-order valence-electron chi connectivity index (χ4n) is 1.75. The highest BCUT2D eigenvalue weighted by Crippen LogP contribution is 2.28. The Labute approximate surface area is 91.3 Å². The summed E-state index contributed by atoms with van der Waals surface area (Å²) in [7, 11) is 1.65. The number of rotatable bonds is 5. The van der Waals surface area contributed by atoms with E-state index in [0.29, 0.717) is 18.3 Å². The van der Waals surface area contributed by atoms with Gasteiger partial charge in [-0.25, -0.2) is 0 Å². The highest BCUT2D eigenvalue weighted by atomic mass is 16.5. The lowest BCUT2D eigenvalue weighted by Gasteiger charge is -2.18. The predicted octanol–water partition coefficient (Wildman–Crippen LogP) is 3.02. The van der Waals surface area contributed by atoms with E-state index >= 15 is 0 Å². The van der Waals surface area contributed by atoms with E-state index in [1.165, 1.54) is 5.56 Å². The zero-order valence-electron chi connectivity index (χ0n) is 9.57. The van der Waals surface area contributed by atoms with Crippen molar-refractivity contribution in [1.29, 1.82) is 0 Å². The number of carbonyl (C=O) groups excluding carboxylic acids is 1. The Balaban J connectivity index is 2.86. The molecule has 15 heavy (non-hydrogen) atoms. The van der Waals surface area contributed by atoms with Gasteiger partial charge in [0.05, 0.1) is 7.11 Å². The molecule has 0 aliphatic heterocycles. The van der Waals surface area contributed by atoms with Crippen LogP contribution in [0.5, 0.6) is 5.75 Å². The molecule has 0 saturated heterocycles. The molecule has 0 aliphatic rings.